The summed E-state index contributed by atoms with van der Waals surface area (Å²) in [6.45, 7) is 2.73. The Morgan fingerprint density at radius 2 is 2.24 bits per heavy atom. The summed E-state index contributed by atoms with van der Waals surface area (Å²) >= 11 is 0. The van der Waals surface area contributed by atoms with Crippen LogP contribution in [0.1, 0.15) is 23.6 Å². The Labute approximate surface area is 123 Å². The molecule has 1 saturated heterocycles. The van der Waals surface area contributed by atoms with Gasteiger partial charge in [0.2, 0.25) is 5.89 Å². The molecule has 0 aromatic carbocycles. The summed E-state index contributed by atoms with van der Waals surface area (Å²) in [7, 11) is 2.11. The van der Waals surface area contributed by atoms with E-state index < -0.39 is 0 Å². The number of oxazole rings is 1. The third-order valence-electron chi connectivity index (χ3n) is 4.48. The number of rotatable bonds is 4. The van der Waals surface area contributed by atoms with E-state index in [4.69, 9.17) is 4.42 Å². The molecular formula is C15H19N5O. The van der Waals surface area contributed by atoms with Crippen LogP contribution in [0.25, 0.3) is 0 Å². The molecular weight excluding hydrogens is 266 g/mol. The van der Waals surface area contributed by atoms with E-state index in [0.717, 1.165) is 44.2 Å². The first-order valence-electron chi connectivity index (χ1n) is 7.48. The Morgan fingerprint density at radius 1 is 1.33 bits per heavy atom. The van der Waals surface area contributed by atoms with Crippen LogP contribution in [0.3, 0.4) is 0 Å². The van der Waals surface area contributed by atoms with Crippen LogP contribution in [0.4, 0.5) is 5.82 Å². The van der Waals surface area contributed by atoms with Gasteiger partial charge in [0.25, 0.3) is 0 Å². The predicted molar refractivity (Wildman–Crippen MR) is 78.0 cm³/mol. The first-order chi connectivity index (χ1) is 10.3. The van der Waals surface area contributed by atoms with Crippen molar-refractivity contribution in [1.29, 1.82) is 0 Å². The Morgan fingerprint density at radius 3 is 3.05 bits per heavy atom. The zero-order chi connectivity index (χ0) is 14.2. The van der Waals surface area contributed by atoms with Gasteiger partial charge >= 0.3 is 0 Å². The number of aryl methyl sites for hydroxylation is 2. The zero-order valence-corrected chi connectivity index (χ0v) is 12.2. The molecule has 1 aliphatic heterocycles. The molecule has 4 rings (SSSR count). The van der Waals surface area contributed by atoms with Crippen molar-refractivity contribution in [3.05, 3.63) is 35.7 Å². The molecule has 0 N–H and O–H groups in total. The molecule has 2 aromatic heterocycles. The van der Waals surface area contributed by atoms with Gasteiger partial charge in [-0.2, -0.15) is 5.10 Å². The van der Waals surface area contributed by atoms with Gasteiger partial charge in [0.15, 0.2) is 5.82 Å². The van der Waals surface area contributed by atoms with Crippen molar-refractivity contribution in [2.75, 3.05) is 25.0 Å². The number of nitrogens with zero attached hydrogens (tertiary/aromatic N) is 5. The van der Waals surface area contributed by atoms with Gasteiger partial charge in [0.1, 0.15) is 6.26 Å². The molecule has 6 heteroatoms. The minimum absolute atomic E-state index is 0.520. The van der Waals surface area contributed by atoms with E-state index in [0.29, 0.717) is 6.04 Å². The van der Waals surface area contributed by atoms with Crippen molar-refractivity contribution in [1.82, 2.24) is 20.1 Å². The molecule has 0 spiro atoms. The number of hydrogen-bond donors (Lipinski definition) is 0. The van der Waals surface area contributed by atoms with Crippen molar-refractivity contribution < 1.29 is 4.42 Å². The maximum atomic E-state index is 5.30. The van der Waals surface area contributed by atoms with Gasteiger partial charge in [-0.25, -0.2) is 4.98 Å². The molecule has 2 aliphatic rings. The third-order valence-corrected chi connectivity index (χ3v) is 4.48. The normalized spacial score (nSPS) is 18.1. The van der Waals surface area contributed by atoms with Crippen LogP contribution in [-0.2, 0) is 19.4 Å². The van der Waals surface area contributed by atoms with Gasteiger partial charge in [-0.05, 0) is 37.9 Å². The Balaban J connectivity index is 1.36. The van der Waals surface area contributed by atoms with E-state index in [9.17, 15) is 0 Å². The molecule has 21 heavy (non-hydrogen) atoms. The second-order valence-corrected chi connectivity index (χ2v) is 5.93. The molecule has 0 atom stereocenters. The predicted octanol–water partition coefficient (Wildman–Crippen LogP) is 1.27. The topological polar surface area (TPSA) is 58.3 Å². The highest BCUT2D eigenvalue weighted by atomic mass is 16.3. The van der Waals surface area contributed by atoms with Crippen LogP contribution < -0.4 is 4.90 Å². The molecule has 0 amide bonds. The van der Waals surface area contributed by atoms with Crippen LogP contribution in [-0.4, -0.2) is 46.3 Å². The molecule has 3 heterocycles. The van der Waals surface area contributed by atoms with Crippen molar-refractivity contribution in [2.24, 2.45) is 0 Å². The second kappa shape index (κ2) is 5.11. The molecule has 0 bridgehead atoms. The molecule has 0 unspecified atom stereocenters. The summed E-state index contributed by atoms with van der Waals surface area (Å²) < 4.78 is 5.30. The maximum absolute atomic E-state index is 5.30. The second-order valence-electron chi connectivity index (χ2n) is 5.93. The molecule has 110 valence electrons. The summed E-state index contributed by atoms with van der Waals surface area (Å²) in [5.41, 5.74) is 2.58. The number of hydrogen-bond acceptors (Lipinski definition) is 6. The number of likely N-dealkylation sites (N-methyl/N-ethyl adjacent to an activating group) is 1. The molecule has 1 fully saturated rings. The Hall–Kier alpha value is -1.95. The van der Waals surface area contributed by atoms with E-state index >= 15 is 0 Å². The minimum atomic E-state index is 0.520. The average Bonchev–Trinajstić information content (AvgIpc) is 3.07. The molecule has 0 saturated carbocycles. The summed E-state index contributed by atoms with van der Waals surface area (Å²) in [5.74, 6) is 1.80. The Kier molecular flexibility index (Phi) is 3.11. The first kappa shape index (κ1) is 12.8. The minimum Gasteiger partial charge on any atom is -0.448 e. The van der Waals surface area contributed by atoms with E-state index in [1.807, 2.05) is 0 Å². The maximum Gasteiger partial charge on any atom is 0.208 e. The van der Waals surface area contributed by atoms with Gasteiger partial charge in [0.05, 0.1) is 18.4 Å². The van der Waals surface area contributed by atoms with E-state index in [-0.39, 0.29) is 0 Å². The lowest BCUT2D eigenvalue weighted by atomic mass is 10.1. The molecule has 0 radical (unpaired) electrons. The van der Waals surface area contributed by atoms with Crippen molar-refractivity contribution in [2.45, 2.75) is 31.8 Å². The summed E-state index contributed by atoms with van der Waals surface area (Å²) in [6, 6.07) is 2.74. The van der Waals surface area contributed by atoms with Gasteiger partial charge in [-0.1, -0.05) is 0 Å². The fraction of sp³-hybridized carbons (Fsp3) is 0.533. The highest BCUT2D eigenvalue weighted by molar-refractivity contribution is 5.45. The van der Waals surface area contributed by atoms with Gasteiger partial charge in [-0.3, -0.25) is 4.90 Å². The summed E-state index contributed by atoms with van der Waals surface area (Å²) in [5, 5.41) is 8.73. The Bertz CT molecular complexity index is 621. The van der Waals surface area contributed by atoms with E-state index in [1.54, 1.807) is 12.5 Å². The lowest BCUT2D eigenvalue weighted by molar-refractivity contribution is 0.180. The standard InChI is InChI=1S/C15H19N5O/c1-19(10-15-16-5-6-21-15)12-8-20(9-12)14-7-11-3-2-4-13(11)17-18-14/h5-7,12H,2-4,8-10H2,1H3. The van der Waals surface area contributed by atoms with Gasteiger partial charge < -0.3 is 9.32 Å². The first-order valence-corrected chi connectivity index (χ1v) is 7.48. The van der Waals surface area contributed by atoms with Crippen molar-refractivity contribution in [3.8, 4) is 0 Å². The SMILES string of the molecule is CN(Cc1ncco1)C1CN(c2cc3c(nn2)CCC3)C1. The summed E-state index contributed by atoms with van der Waals surface area (Å²) in [4.78, 5) is 8.74. The van der Waals surface area contributed by atoms with Crippen LogP contribution in [0, 0.1) is 0 Å². The van der Waals surface area contributed by atoms with Gasteiger partial charge in [0, 0.05) is 19.1 Å². The van der Waals surface area contributed by atoms with Crippen molar-refractivity contribution >= 4 is 5.82 Å². The molecule has 2 aromatic rings. The summed E-state index contributed by atoms with van der Waals surface area (Å²) in [6.07, 6.45) is 6.77. The van der Waals surface area contributed by atoms with Crippen LogP contribution in [0.2, 0.25) is 0 Å². The van der Waals surface area contributed by atoms with Gasteiger partial charge in [-0.15, -0.1) is 5.10 Å². The van der Waals surface area contributed by atoms with Crippen LogP contribution in [0.15, 0.2) is 22.9 Å². The highest BCUT2D eigenvalue weighted by Gasteiger charge is 2.32. The van der Waals surface area contributed by atoms with Crippen molar-refractivity contribution in [3.63, 3.8) is 0 Å². The van der Waals surface area contributed by atoms with E-state index in [2.05, 4.69) is 38.1 Å². The van der Waals surface area contributed by atoms with E-state index in [1.165, 1.54) is 17.7 Å². The smallest absolute Gasteiger partial charge is 0.208 e. The monoisotopic (exact) mass is 285 g/mol. The average molecular weight is 285 g/mol. The van der Waals surface area contributed by atoms with Crippen LogP contribution >= 0.6 is 0 Å². The largest absolute Gasteiger partial charge is 0.448 e. The highest BCUT2D eigenvalue weighted by Crippen LogP contribution is 2.26. The quantitative estimate of drug-likeness (QED) is 0.843. The number of fused-ring (bicyclic) bond motifs is 1. The number of anilines is 1. The fourth-order valence-electron chi connectivity index (χ4n) is 3.07. The molecule has 1 aliphatic carbocycles. The molecule has 6 nitrogen and oxygen atoms in total. The zero-order valence-electron chi connectivity index (χ0n) is 12.2. The fourth-order valence-corrected chi connectivity index (χ4v) is 3.07. The van der Waals surface area contributed by atoms with Crippen LogP contribution in [0.5, 0.6) is 0 Å². The third kappa shape index (κ3) is 2.40. The number of aromatic nitrogens is 3. The lowest BCUT2D eigenvalue weighted by Gasteiger charge is -2.44. The lowest BCUT2D eigenvalue weighted by Crippen LogP contribution is -2.58.